The maximum Gasteiger partial charge on any atom is 0.275 e. The summed E-state index contributed by atoms with van der Waals surface area (Å²) in [6.45, 7) is 9.52. The minimum absolute atomic E-state index is 0.0912. The van der Waals surface area contributed by atoms with Crippen molar-refractivity contribution < 1.29 is 4.79 Å². The third kappa shape index (κ3) is 5.85. The molecular formula is C20H28N4O. The summed E-state index contributed by atoms with van der Waals surface area (Å²) in [5, 5.41) is 6.06. The standard InChI is InChI=1S/C20H28N4O/c1-5-6-7-12-21-18-14-22-17(13-23-18)19(25)24-16-10-8-15(9-11-16)20(2,3)4/h8-11,13-14H,5-7,12H2,1-4H3,(H,21,23)(H,24,25). The number of unbranched alkanes of at least 4 members (excludes halogenated alkanes) is 2. The summed E-state index contributed by atoms with van der Waals surface area (Å²) in [4.78, 5) is 20.7. The molecule has 2 aromatic rings. The van der Waals surface area contributed by atoms with Crippen LogP contribution in [-0.2, 0) is 5.41 Å². The summed E-state index contributed by atoms with van der Waals surface area (Å²) < 4.78 is 0. The molecule has 2 rings (SSSR count). The molecule has 0 radical (unpaired) electrons. The summed E-state index contributed by atoms with van der Waals surface area (Å²) in [7, 11) is 0. The minimum Gasteiger partial charge on any atom is -0.369 e. The lowest BCUT2D eigenvalue weighted by molar-refractivity contribution is 0.102. The fourth-order valence-electron chi connectivity index (χ4n) is 2.38. The molecule has 5 nitrogen and oxygen atoms in total. The molecule has 0 unspecified atom stereocenters. The Morgan fingerprint density at radius 2 is 1.76 bits per heavy atom. The monoisotopic (exact) mass is 340 g/mol. The Bertz CT molecular complexity index is 672. The van der Waals surface area contributed by atoms with Gasteiger partial charge in [0.2, 0.25) is 0 Å². The molecule has 1 amide bonds. The molecule has 0 atom stereocenters. The highest BCUT2D eigenvalue weighted by Gasteiger charge is 2.14. The molecule has 134 valence electrons. The van der Waals surface area contributed by atoms with Crippen LogP contribution in [0.1, 0.15) is 63.0 Å². The molecule has 2 N–H and O–H groups in total. The van der Waals surface area contributed by atoms with E-state index >= 15 is 0 Å². The number of hydrogen-bond acceptors (Lipinski definition) is 4. The van der Waals surface area contributed by atoms with Gasteiger partial charge in [-0.2, -0.15) is 0 Å². The number of anilines is 2. The normalized spacial score (nSPS) is 11.2. The third-order valence-corrected chi connectivity index (χ3v) is 3.98. The molecule has 5 heteroatoms. The second-order valence-corrected chi connectivity index (χ2v) is 7.20. The quantitative estimate of drug-likeness (QED) is 0.721. The fraction of sp³-hybridized carbons (Fsp3) is 0.450. The van der Waals surface area contributed by atoms with E-state index in [1.807, 2.05) is 24.3 Å². The van der Waals surface area contributed by atoms with Gasteiger partial charge >= 0.3 is 0 Å². The van der Waals surface area contributed by atoms with Gasteiger partial charge in [-0.3, -0.25) is 4.79 Å². The van der Waals surface area contributed by atoms with Crippen molar-refractivity contribution in [1.82, 2.24) is 9.97 Å². The SMILES string of the molecule is CCCCCNc1cnc(C(=O)Nc2ccc(C(C)(C)C)cc2)cn1. The fourth-order valence-corrected chi connectivity index (χ4v) is 2.38. The number of aromatic nitrogens is 2. The Morgan fingerprint density at radius 1 is 1.04 bits per heavy atom. The lowest BCUT2D eigenvalue weighted by Crippen LogP contribution is -2.15. The summed E-state index contributed by atoms with van der Waals surface area (Å²) in [6.07, 6.45) is 6.58. The number of carbonyl (C=O) groups excluding carboxylic acids is 1. The van der Waals surface area contributed by atoms with Crippen LogP contribution in [0.15, 0.2) is 36.7 Å². The summed E-state index contributed by atoms with van der Waals surface area (Å²) in [5.74, 6) is 0.440. The molecule has 0 saturated heterocycles. The second-order valence-electron chi connectivity index (χ2n) is 7.20. The van der Waals surface area contributed by atoms with Crippen molar-refractivity contribution in [2.24, 2.45) is 0 Å². The molecule has 0 spiro atoms. The van der Waals surface area contributed by atoms with Gasteiger partial charge in [0.1, 0.15) is 11.5 Å². The van der Waals surface area contributed by atoms with Crippen LogP contribution in [0.2, 0.25) is 0 Å². The van der Waals surface area contributed by atoms with Gasteiger partial charge in [-0.05, 0) is 29.5 Å². The predicted molar refractivity (Wildman–Crippen MR) is 103 cm³/mol. The van der Waals surface area contributed by atoms with Crippen LogP contribution in [0.3, 0.4) is 0 Å². The summed E-state index contributed by atoms with van der Waals surface area (Å²) in [5.41, 5.74) is 2.37. The van der Waals surface area contributed by atoms with E-state index in [4.69, 9.17) is 0 Å². The molecule has 0 aliphatic carbocycles. The maximum absolute atomic E-state index is 12.3. The van der Waals surface area contributed by atoms with Gasteiger partial charge in [-0.25, -0.2) is 9.97 Å². The number of hydrogen-bond donors (Lipinski definition) is 2. The Kier molecular flexibility index (Phi) is 6.51. The van der Waals surface area contributed by atoms with Gasteiger partial charge in [0, 0.05) is 12.2 Å². The van der Waals surface area contributed by atoms with Crippen molar-refractivity contribution in [3.63, 3.8) is 0 Å². The van der Waals surface area contributed by atoms with Crippen molar-refractivity contribution in [2.75, 3.05) is 17.2 Å². The highest BCUT2D eigenvalue weighted by molar-refractivity contribution is 6.02. The molecule has 1 heterocycles. The number of rotatable bonds is 7. The first-order valence-electron chi connectivity index (χ1n) is 8.88. The van der Waals surface area contributed by atoms with E-state index in [9.17, 15) is 4.79 Å². The molecule has 0 bridgehead atoms. The summed E-state index contributed by atoms with van der Waals surface area (Å²) >= 11 is 0. The minimum atomic E-state index is -0.256. The van der Waals surface area contributed by atoms with E-state index in [0.29, 0.717) is 11.5 Å². The smallest absolute Gasteiger partial charge is 0.275 e. The third-order valence-electron chi connectivity index (χ3n) is 3.98. The van der Waals surface area contributed by atoms with Gasteiger partial charge in [-0.1, -0.05) is 52.7 Å². The van der Waals surface area contributed by atoms with Gasteiger partial charge in [0.25, 0.3) is 5.91 Å². The Hall–Kier alpha value is -2.43. The van der Waals surface area contributed by atoms with E-state index in [1.165, 1.54) is 24.6 Å². The Morgan fingerprint density at radius 3 is 2.32 bits per heavy atom. The van der Waals surface area contributed by atoms with Crippen LogP contribution in [0.4, 0.5) is 11.5 Å². The number of carbonyl (C=O) groups is 1. The number of amides is 1. The Balaban J connectivity index is 1.92. The largest absolute Gasteiger partial charge is 0.369 e. The van der Waals surface area contributed by atoms with Crippen LogP contribution in [0, 0.1) is 0 Å². The van der Waals surface area contributed by atoms with E-state index < -0.39 is 0 Å². The van der Waals surface area contributed by atoms with Gasteiger partial charge in [0.15, 0.2) is 0 Å². The molecule has 1 aromatic carbocycles. The molecule has 1 aromatic heterocycles. The number of benzene rings is 1. The zero-order valence-electron chi connectivity index (χ0n) is 15.6. The lowest BCUT2D eigenvalue weighted by Gasteiger charge is -2.19. The first-order valence-corrected chi connectivity index (χ1v) is 8.88. The molecule has 0 aliphatic rings. The van der Waals surface area contributed by atoms with E-state index in [1.54, 1.807) is 6.20 Å². The van der Waals surface area contributed by atoms with Gasteiger partial charge in [-0.15, -0.1) is 0 Å². The molecule has 0 fully saturated rings. The van der Waals surface area contributed by atoms with Crippen LogP contribution in [0.5, 0.6) is 0 Å². The van der Waals surface area contributed by atoms with Crippen LogP contribution in [0.25, 0.3) is 0 Å². The van der Waals surface area contributed by atoms with E-state index in [2.05, 4.69) is 48.3 Å². The Labute approximate surface area is 150 Å². The van der Waals surface area contributed by atoms with Crippen molar-refractivity contribution in [3.8, 4) is 0 Å². The average Bonchev–Trinajstić information content (AvgIpc) is 2.59. The molecule has 0 saturated carbocycles. The molecule has 0 aliphatic heterocycles. The highest BCUT2D eigenvalue weighted by atomic mass is 16.1. The maximum atomic E-state index is 12.3. The van der Waals surface area contributed by atoms with E-state index in [0.717, 1.165) is 18.7 Å². The zero-order chi connectivity index (χ0) is 18.3. The first kappa shape index (κ1) is 18.9. The predicted octanol–water partition coefficient (Wildman–Crippen LogP) is 4.63. The van der Waals surface area contributed by atoms with Crippen molar-refractivity contribution in [1.29, 1.82) is 0 Å². The summed E-state index contributed by atoms with van der Waals surface area (Å²) in [6, 6.07) is 7.89. The van der Waals surface area contributed by atoms with Crippen molar-refractivity contribution >= 4 is 17.4 Å². The van der Waals surface area contributed by atoms with E-state index in [-0.39, 0.29) is 11.3 Å². The first-order chi connectivity index (χ1) is 11.9. The van der Waals surface area contributed by atoms with Gasteiger partial charge in [0.05, 0.1) is 12.4 Å². The van der Waals surface area contributed by atoms with Crippen molar-refractivity contribution in [3.05, 3.63) is 47.9 Å². The van der Waals surface area contributed by atoms with Gasteiger partial charge < -0.3 is 10.6 Å². The number of nitrogens with one attached hydrogen (secondary N) is 2. The van der Waals surface area contributed by atoms with Crippen LogP contribution < -0.4 is 10.6 Å². The molecular weight excluding hydrogens is 312 g/mol. The number of nitrogens with zero attached hydrogens (tertiary/aromatic N) is 2. The second kappa shape index (κ2) is 8.60. The highest BCUT2D eigenvalue weighted by Crippen LogP contribution is 2.23. The van der Waals surface area contributed by atoms with Crippen molar-refractivity contribution in [2.45, 2.75) is 52.4 Å². The van der Waals surface area contributed by atoms with Crippen LogP contribution in [-0.4, -0.2) is 22.4 Å². The average molecular weight is 340 g/mol. The zero-order valence-corrected chi connectivity index (χ0v) is 15.6. The lowest BCUT2D eigenvalue weighted by atomic mass is 9.87. The van der Waals surface area contributed by atoms with Crippen LogP contribution >= 0.6 is 0 Å². The molecule has 25 heavy (non-hydrogen) atoms. The topological polar surface area (TPSA) is 66.9 Å².